The number of hydrogen-bond acceptors (Lipinski definition) is 2. The van der Waals surface area contributed by atoms with Crippen LogP contribution in [0.15, 0.2) is 61.1 Å². The molecule has 0 fully saturated rings. The first kappa shape index (κ1) is 43.7. The molecule has 1 aromatic heterocycles. The maximum Gasteiger partial charge on any atom is 0.220 e. The highest BCUT2D eigenvalue weighted by Gasteiger charge is 2.12. The minimum Gasteiger partial charge on any atom is -0.353 e. The number of aryl methyl sites for hydroxylation is 1. The normalized spacial score (nSPS) is 12.8. The fraction of sp³-hybridized carbons (Fsp3) is 0.727. The first-order valence-corrected chi connectivity index (χ1v) is 20.6. The van der Waals surface area contributed by atoms with Gasteiger partial charge < -0.3 is 10.3 Å². The van der Waals surface area contributed by atoms with E-state index in [0.717, 1.165) is 37.8 Å². The van der Waals surface area contributed by atoms with Crippen molar-refractivity contribution in [1.29, 1.82) is 0 Å². The van der Waals surface area contributed by atoms with E-state index in [1.807, 2.05) is 6.20 Å². The summed E-state index contributed by atoms with van der Waals surface area (Å²) in [5, 5.41) is 3.39. The van der Waals surface area contributed by atoms with Crippen molar-refractivity contribution in [3.63, 3.8) is 0 Å². The number of nitrogens with one attached hydrogen (secondary N) is 2. The highest BCUT2D eigenvalue weighted by Crippen LogP contribution is 2.16. The lowest BCUT2D eigenvalue weighted by molar-refractivity contribution is -0.121. The van der Waals surface area contributed by atoms with Gasteiger partial charge in [-0.2, -0.15) is 0 Å². The van der Waals surface area contributed by atoms with Gasteiger partial charge in [0, 0.05) is 24.4 Å². The van der Waals surface area contributed by atoms with Crippen molar-refractivity contribution < 1.29 is 4.79 Å². The Morgan fingerprint density at radius 3 is 1.44 bits per heavy atom. The average Bonchev–Trinajstić information content (AvgIpc) is 3.62. The van der Waals surface area contributed by atoms with E-state index in [-0.39, 0.29) is 5.91 Å². The maximum absolute atomic E-state index is 12.7. The quantitative estimate of drug-likeness (QED) is 0.0561. The number of carbonyl (C=O) groups excluding carboxylic acids is 1. The van der Waals surface area contributed by atoms with Crippen molar-refractivity contribution in [2.45, 2.75) is 206 Å². The minimum atomic E-state index is 0.187. The topological polar surface area (TPSA) is 57.8 Å². The molecule has 0 saturated heterocycles. The van der Waals surface area contributed by atoms with Crippen molar-refractivity contribution >= 4 is 5.91 Å². The lowest BCUT2D eigenvalue weighted by Crippen LogP contribution is -2.35. The number of hydrogen-bond donors (Lipinski definition) is 2. The number of nitrogens with zero attached hydrogens (tertiary/aromatic N) is 1. The lowest BCUT2D eigenvalue weighted by Gasteiger charge is -2.19. The molecule has 1 unspecified atom stereocenters. The van der Waals surface area contributed by atoms with Gasteiger partial charge in [0.25, 0.3) is 0 Å². The molecule has 4 heteroatoms. The summed E-state index contributed by atoms with van der Waals surface area (Å²) in [6.07, 6.45) is 57.8. The molecular weight excluding hydrogens is 587 g/mol. The molecule has 1 aromatic rings. The molecule has 274 valence electrons. The van der Waals surface area contributed by atoms with Crippen LogP contribution in [0.3, 0.4) is 0 Å². The zero-order valence-corrected chi connectivity index (χ0v) is 31.7. The molecule has 2 N–H and O–H groups in total. The van der Waals surface area contributed by atoms with Gasteiger partial charge in [-0.15, -0.1) is 0 Å². The van der Waals surface area contributed by atoms with Crippen LogP contribution in [0.4, 0.5) is 0 Å². The second-order valence-corrected chi connectivity index (χ2v) is 13.9. The predicted molar refractivity (Wildman–Crippen MR) is 211 cm³/mol. The Balaban J connectivity index is 2.13. The summed E-state index contributed by atoms with van der Waals surface area (Å²) in [7, 11) is 0. The van der Waals surface area contributed by atoms with Crippen molar-refractivity contribution in [2.75, 3.05) is 0 Å². The van der Waals surface area contributed by atoms with Gasteiger partial charge in [0.2, 0.25) is 5.91 Å². The summed E-state index contributed by atoms with van der Waals surface area (Å²) in [4.78, 5) is 19.9. The highest BCUT2D eigenvalue weighted by atomic mass is 16.1. The van der Waals surface area contributed by atoms with Gasteiger partial charge in [-0.3, -0.25) is 4.79 Å². The number of carbonyl (C=O) groups is 1. The average molecular weight is 664 g/mol. The van der Waals surface area contributed by atoms with Gasteiger partial charge in [0.1, 0.15) is 0 Å². The highest BCUT2D eigenvalue weighted by molar-refractivity contribution is 5.76. The number of rotatable bonds is 35. The molecule has 4 nitrogen and oxygen atoms in total. The third-order valence-electron chi connectivity index (χ3n) is 9.30. The van der Waals surface area contributed by atoms with E-state index in [2.05, 4.69) is 77.7 Å². The van der Waals surface area contributed by atoms with Gasteiger partial charge in [-0.05, 0) is 83.5 Å². The van der Waals surface area contributed by atoms with Crippen LogP contribution in [-0.2, 0) is 11.2 Å². The molecular formula is C44H77N3O. The van der Waals surface area contributed by atoms with Gasteiger partial charge in [0.05, 0.1) is 6.33 Å². The molecule has 0 spiro atoms. The van der Waals surface area contributed by atoms with Gasteiger partial charge >= 0.3 is 0 Å². The van der Waals surface area contributed by atoms with Crippen molar-refractivity contribution in [3.05, 3.63) is 66.8 Å². The molecule has 1 amide bonds. The molecule has 48 heavy (non-hydrogen) atoms. The molecule has 0 saturated carbocycles. The van der Waals surface area contributed by atoms with Gasteiger partial charge in [0.15, 0.2) is 0 Å². The smallest absolute Gasteiger partial charge is 0.220 e. The van der Waals surface area contributed by atoms with E-state index in [4.69, 9.17) is 0 Å². The zero-order valence-electron chi connectivity index (χ0n) is 31.7. The number of H-pyrrole nitrogens is 1. The van der Waals surface area contributed by atoms with Crippen LogP contribution in [0.2, 0.25) is 0 Å². The van der Waals surface area contributed by atoms with Crippen LogP contribution in [0.25, 0.3) is 0 Å². The largest absolute Gasteiger partial charge is 0.353 e. The predicted octanol–water partition coefficient (Wildman–Crippen LogP) is 13.6. The van der Waals surface area contributed by atoms with Gasteiger partial charge in [-0.1, -0.05) is 159 Å². The fourth-order valence-electron chi connectivity index (χ4n) is 6.19. The lowest BCUT2D eigenvalue weighted by atomic mass is 9.99. The Morgan fingerprint density at radius 1 is 0.604 bits per heavy atom. The number of imidazole rings is 1. The summed E-state index contributed by atoms with van der Waals surface area (Å²) in [6, 6.07) is 0.322. The van der Waals surface area contributed by atoms with E-state index >= 15 is 0 Å². The van der Waals surface area contributed by atoms with Crippen LogP contribution < -0.4 is 5.32 Å². The van der Waals surface area contributed by atoms with E-state index < -0.39 is 0 Å². The number of aromatic amines is 1. The fourth-order valence-corrected chi connectivity index (χ4v) is 6.19. The van der Waals surface area contributed by atoms with E-state index in [0.29, 0.717) is 12.5 Å². The molecule has 1 rings (SSSR count). The Labute approximate surface area is 298 Å². The second-order valence-electron chi connectivity index (χ2n) is 13.9. The Morgan fingerprint density at radius 2 is 1.02 bits per heavy atom. The summed E-state index contributed by atoms with van der Waals surface area (Å²) < 4.78 is 0. The third-order valence-corrected chi connectivity index (χ3v) is 9.30. The Kier molecular flexibility index (Phi) is 32.7. The minimum absolute atomic E-state index is 0.187. The van der Waals surface area contributed by atoms with Crippen LogP contribution >= 0.6 is 0 Å². The molecule has 0 bridgehead atoms. The summed E-state index contributed by atoms with van der Waals surface area (Å²) in [5.41, 5.74) is 1.04. The summed E-state index contributed by atoms with van der Waals surface area (Å²) >= 11 is 0. The summed E-state index contributed by atoms with van der Waals surface area (Å²) in [5.74, 6) is 0.187. The number of aromatic nitrogens is 2. The van der Waals surface area contributed by atoms with Crippen LogP contribution in [0, 0.1) is 0 Å². The molecule has 0 aliphatic rings. The molecule has 0 aliphatic carbocycles. The molecule has 0 aliphatic heterocycles. The van der Waals surface area contributed by atoms with Crippen LogP contribution in [0.1, 0.15) is 199 Å². The first-order valence-electron chi connectivity index (χ1n) is 20.6. The Hall–Kier alpha value is -2.36. The van der Waals surface area contributed by atoms with E-state index in [9.17, 15) is 4.79 Å². The molecule has 0 aromatic carbocycles. The van der Waals surface area contributed by atoms with Crippen LogP contribution in [-0.4, -0.2) is 21.9 Å². The van der Waals surface area contributed by atoms with Crippen molar-refractivity contribution in [1.82, 2.24) is 15.3 Å². The number of amides is 1. The monoisotopic (exact) mass is 664 g/mol. The van der Waals surface area contributed by atoms with Gasteiger partial charge in [-0.25, -0.2) is 4.98 Å². The third kappa shape index (κ3) is 30.9. The SMILES string of the molecule is CCCCC/C=C\C/C=C\CCCCCCCCCC(CCCCCCCC/C=C\C/C=C\CCCCC)NC(=O)CCc1cnc[nH]1. The maximum atomic E-state index is 12.7. The van der Waals surface area contributed by atoms with Crippen molar-refractivity contribution in [2.24, 2.45) is 0 Å². The number of allylic oxidation sites excluding steroid dienone is 8. The zero-order chi connectivity index (χ0) is 34.4. The van der Waals surface area contributed by atoms with E-state index in [1.165, 1.54) is 148 Å². The Bertz CT molecular complexity index is 914. The second kappa shape index (κ2) is 35.9. The van der Waals surface area contributed by atoms with Crippen molar-refractivity contribution in [3.8, 4) is 0 Å². The number of unbranched alkanes of at least 4 members (excludes halogenated alkanes) is 19. The molecule has 0 radical (unpaired) electrons. The van der Waals surface area contributed by atoms with Crippen LogP contribution in [0.5, 0.6) is 0 Å². The summed E-state index contributed by atoms with van der Waals surface area (Å²) in [6.45, 7) is 4.52. The molecule has 1 heterocycles. The molecule has 1 atom stereocenters. The standard InChI is InChI=1S/C44H77N3O/c1-3-5-7-9-11-13-15-17-19-21-23-25-27-29-31-33-35-37-42(47-44(48)39-38-43-40-45-41-46-43)36-34-32-30-28-26-24-22-20-18-16-14-12-10-8-6-4-2/h11-14,17-20,40-42H,3-10,15-16,21-39H2,1-2H3,(H,45,46)(H,47,48)/b13-11-,14-12-,19-17-,20-18-. The first-order chi connectivity index (χ1) is 23.8. The van der Waals surface area contributed by atoms with E-state index in [1.54, 1.807) is 6.33 Å².